The van der Waals surface area contributed by atoms with Crippen molar-refractivity contribution in [2.24, 2.45) is 0 Å². The second-order valence-electron chi connectivity index (χ2n) is 5.82. The van der Waals surface area contributed by atoms with Crippen LogP contribution in [0, 0.1) is 6.92 Å². The molecular formula is C19H17BrN4. The first kappa shape index (κ1) is 15.1. The Kier molecular flexibility index (Phi) is 3.94. The van der Waals surface area contributed by atoms with Gasteiger partial charge in [-0.1, -0.05) is 40.2 Å². The van der Waals surface area contributed by atoms with E-state index < -0.39 is 0 Å². The summed E-state index contributed by atoms with van der Waals surface area (Å²) in [5.74, 6) is 2.50. The van der Waals surface area contributed by atoms with E-state index in [4.69, 9.17) is 0 Å². The summed E-state index contributed by atoms with van der Waals surface area (Å²) in [6, 6.07) is 18.6. The highest BCUT2D eigenvalue weighted by Crippen LogP contribution is 2.34. The smallest absolute Gasteiger partial charge is 0.138 e. The highest BCUT2D eigenvalue weighted by molar-refractivity contribution is 9.10. The molecule has 4 nitrogen and oxygen atoms in total. The predicted octanol–water partition coefficient (Wildman–Crippen LogP) is 4.99. The first-order chi connectivity index (χ1) is 11.7. The molecule has 0 radical (unpaired) electrons. The van der Waals surface area contributed by atoms with Gasteiger partial charge in [0.05, 0.1) is 0 Å². The number of anilines is 4. The van der Waals surface area contributed by atoms with Gasteiger partial charge in [0.2, 0.25) is 0 Å². The van der Waals surface area contributed by atoms with Crippen LogP contribution in [0.2, 0.25) is 0 Å². The molecule has 1 aromatic heterocycles. The molecule has 0 atom stereocenters. The summed E-state index contributed by atoms with van der Waals surface area (Å²) >= 11 is 3.50. The summed E-state index contributed by atoms with van der Waals surface area (Å²) in [5, 5.41) is 3.37. The summed E-state index contributed by atoms with van der Waals surface area (Å²) in [5.41, 5.74) is 3.61. The molecule has 4 rings (SSSR count). The Morgan fingerprint density at radius 1 is 1.04 bits per heavy atom. The second kappa shape index (κ2) is 6.24. The average molecular weight is 381 g/mol. The topological polar surface area (TPSA) is 41.1 Å². The minimum absolute atomic E-state index is 0.759. The van der Waals surface area contributed by atoms with E-state index in [2.05, 4.69) is 60.4 Å². The minimum Gasteiger partial charge on any atom is -0.340 e. The molecule has 0 saturated carbocycles. The third-order valence-electron chi connectivity index (χ3n) is 4.09. The molecule has 0 spiro atoms. The first-order valence-electron chi connectivity index (χ1n) is 7.93. The van der Waals surface area contributed by atoms with Crippen molar-refractivity contribution in [1.29, 1.82) is 0 Å². The number of halogens is 1. The van der Waals surface area contributed by atoms with Crippen LogP contribution in [0.4, 0.5) is 23.0 Å². The Balaban J connectivity index is 1.67. The van der Waals surface area contributed by atoms with Gasteiger partial charge >= 0.3 is 0 Å². The van der Waals surface area contributed by atoms with Gasteiger partial charge in [0, 0.05) is 28.5 Å². The lowest BCUT2D eigenvalue weighted by atomic mass is 10.2. The number of benzene rings is 2. The molecule has 0 unspecified atom stereocenters. The lowest BCUT2D eigenvalue weighted by Crippen LogP contribution is -2.16. The van der Waals surface area contributed by atoms with E-state index in [0.29, 0.717) is 0 Å². The Labute approximate surface area is 149 Å². The zero-order chi connectivity index (χ0) is 16.5. The van der Waals surface area contributed by atoms with Gasteiger partial charge in [0.25, 0.3) is 0 Å². The summed E-state index contributed by atoms with van der Waals surface area (Å²) in [4.78, 5) is 11.4. The van der Waals surface area contributed by atoms with E-state index in [1.54, 1.807) is 0 Å². The van der Waals surface area contributed by atoms with Crippen LogP contribution in [0.3, 0.4) is 0 Å². The molecule has 120 valence electrons. The lowest BCUT2D eigenvalue weighted by Gasteiger charge is -2.19. The molecule has 0 amide bonds. The lowest BCUT2D eigenvalue weighted by molar-refractivity contribution is 0.947. The Hall–Kier alpha value is -2.40. The van der Waals surface area contributed by atoms with Gasteiger partial charge in [-0.05, 0) is 43.2 Å². The summed E-state index contributed by atoms with van der Waals surface area (Å²) in [6.07, 6.45) is 1.05. The Bertz CT molecular complexity index is 894. The van der Waals surface area contributed by atoms with Crippen molar-refractivity contribution in [1.82, 2.24) is 9.97 Å². The van der Waals surface area contributed by atoms with Crippen LogP contribution in [0.1, 0.15) is 11.4 Å². The zero-order valence-electron chi connectivity index (χ0n) is 13.3. The summed E-state index contributed by atoms with van der Waals surface area (Å²) < 4.78 is 1.03. The van der Waals surface area contributed by atoms with E-state index in [1.165, 1.54) is 11.3 Å². The fraction of sp³-hybridized carbons (Fsp3) is 0.158. The average Bonchev–Trinajstić information content (AvgIpc) is 2.98. The fourth-order valence-electron chi connectivity index (χ4n) is 3.04. The van der Waals surface area contributed by atoms with Crippen molar-refractivity contribution in [3.8, 4) is 0 Å². The Morgan fingerprint density at radius 3 is 2.79 bits per heavy atom. The van der Waals surface area contributed by atoms with Gasteiger partial charge in [0.1, 0.15) is 17.5 Å². The number of nitrogens with zero attached hydrogens (tertiary/aromatic N) is 3. The molecule has 24 heavy (non-hydrogen) atoms. The molecule has 0 saturated heterocycles. The maximum Gasteiger partial charge on any atom is 0.138 e. The molecule has 0 fully saturated rings. The molecular weight excluding hydrogens is 364 g/mol. The second-order valence-corrected chi connectivity index (χ2v) is 6.74. The highest BCUT2D eigenvalue weighted by Gasteiger charge is 2.21. The fourth-order valence-corrected chi connectivity index (χ4v) is 3.44. The summed E-state index contributed by atoms with van der Waals surface area (Å²) in [7, 11) is 0. The van der Waals surface area contributed by atoms with Crippen LogP contribution in [0.15, 0.2) is 59.1 Å². The third kappa shape index (κ3) is 2.99. The molecule has 3 aromatic rings. The van der Waals surface area contributed by atoms with Crippen LogP contribution >= 0.6 is 15.9 Å². The number of aryl methyl sites for hydroxylation is 1. The standard InChI is InChI=1S/C19H17BrN4/c1-13-21-18(23-16-7-4-6-15(20)11-16)12-19(22-13)24-10-9-14-5-2-3-8-17(14)24/h2-8,11-12H,9-10H2,1H3,(H,21,22,23). The van der Waals surface area contributed by atoms with Crippen LogP contribution in [-0.4, -0.2) is 16.5 Å². The summed E-state index contributed by atoms with van der Waals surface area (Å²) in [6.45, 7) is 2.88. The normalized spacial score (nSPS) is 13.0. The maximum atomic E-state index is 4.64. The third-order valence-corrected chi connectivity index (χ3v) is 4.58. The van der Waals surface area contributed by atoms with Gasteiger partial charge in [-0.15, -0.1) is 0 Å². The number of aromatic nitrogens is 2. The van der Waals surface area contributed by atoms with Crippen LogP contribution < -0.4 is 10.2 Å². The molecule has 1 aliphatic heterocycles. The molecule has 5 heteroatoms. The predicted molar refractivity (Wildman–Crippen MR) is 101 cm³/mol. The SMILES string of the molecule is Cc1nc(Nc2cccc(Br)c2)cc(N2CCc3ccccc32)n1. The molecule has 2 heterocycles. The Morgan fingerprint density at radius 2 is 1.92 bits per heavy atom. The van der Waals surface area contributed by atoms with E-state index in [-0.39, 0.29) is 0 Å². The first-order valence-corrected chi connectivity index (χ1v) is 8.72. The number of rotatable bonds is 3. The monoisotopic (exact) mass is 380 g/mol. The molecule has 2 aromatic carbocycles. The van der Waals surface area contributed by atoms with Gasteiger partial charge in [-0.2, -0.15) is 0 Å². The highest BCUT2D eigenvalue weighted by atomic mass is 79.9. The van der Waals surface area contributed by atoms with Gasteiger partial charge in [-0.3, -0.25) is 0 Å². The van der Waals surface area contributed by atoms with E-state index >= 15 is 0 Å². The number of hydrogen-bond donors (Lipinski definition) is 1. The molecule has 0 aliphatic carbocycles. The van der Waals surface area contributed by atoms with Crippen molar-refractivity contribution in [3.63, 3.8) is 0 Å². The van der Waals surface area contributed by atoms with Crippen molar-refractivity contribution < 1.29 is 0 Å². The number of hydrogen-bond acceptors (Lipinski definition) is 4. The van der Waals surface area contributed by atoms with Gasteiger partial charge in [0.15, 0.2) is 0 Å². The molecule has 0 bridgehead atoms. The number of nitrogens with one attached hydrogen (secondary N) is 1. The van der Waals surface area contributed by atoms with E-state index in [0.717, 1.165) is 40.6 Å². The van der Waals surface area contributed by atoms with Crippen molar-refractivity contribution in [2.75, 3.05) is 16.8 Å². The largest absolute Gasteiger partial charge is 0.340 e. The maximum absolute atomic E-state index is 4.64. The van der Waals surface area contributed by atoms with Crippen molar-refractivity contribution in [3.05, 3.63) is 70.5 Å². The molecule has 1 aliphatic rings. The zero-order valence-corrected chi connectivity index (χ0v) is 14.9. The van der Waals surface area contributed by atoms with Gasteiger partial charge < -0.3 is 10.2 Å². The van der Waals surface area contributed by atoms with E-state index in [9.17, 15) is 0 Å². The minimum atomic E-state index is 0.759. The quantitative estimate of drug-likeness (QED) is 0.694. The van der Waals surface area contributed by atoms with Crippen molar-refractivity contribution in [2.45, 2.75) is 13.3 Å². The van der Waals surface area contributed by atoms with Crippen LogP contribution in [0.5, 0.6) is 0 Å². The number of fused-ring (bicyclic) bond motifs is 1. The van der Waals surface area contributed by atoms with Crippen LogP contribution in [0.25, 0.3) is 0 Å². The molecule has 1 N–H and O–H groups in total. The van der Waals surface area contributed by atoms with E-state index in [1.807, 2.05) is 37.3 Å². The van der Waals surface area contributed by atoms with Crippen molar-refractivity contribution >= 4 is 38.9 Å². The number of para-hydroxylation sites is 1. The van der Waals surface area contributed by atoms with Gasteiger partial charge in [-0.25, -0.2) is 9.97 Å². The van der Waals surface area contributed by atoms with Crippen LogP contribution in [-0.2, 0) is 6.42 Å².